The minimum absolute atomic E-state index is 0.169. The number of hydrogen-bond acceptors (Lipinski definition) is 6. The molecule has 0 saturated heterocycles. The van der Waals surface area contributed by atoms with Gasteiger partial charge in [0.2, 0.25) is 0 Å². The second kappa shape index (κ2) is 9.60. The summed E-state index contributed by atoms with van der Waals surface area (Å²) in [5.41, 5.74) is 2.02. The number of ether oxygens (including phenoxy) is 1. The van der Waals surface area contributed by atoms with Crippen LogP contribution in [0.1, 0.15) is 15.4 Å². The van der Waals surface area contributed by atoms with E-state index in [0.717, 1.165) is 27.8 Å². The number of thioether (sulfide) groups is 1. The van der Waals surface area contributed by atoms with Crippen molar-refractivity contribution in [2.75, 3.05) is 12.4 Å². The first-order valence-corrected chi connectivity index (χ1v) is 11.1. The van der Waals surface area contributed by atoms with E-state index in [0.29, 0.717) is 13.2 Å². The van der Waals surface area contributed by atoms with E-state index in [1.807, 2.05) is 47.8 Å². The first-order chi connectivity index (χ1) is 14.7. The number of aromatic nitrogens is 3. The van der Waals surface area contributed by atoms with Crippen LogP contribution in [-0.2, 0) is 6.54 Å². The number of carboxylic acids is 1. The van der Waals surface area contributed by atoms with Gasteiger partial charge in [0.1, 0.15) is 10.8 Å². The fourth-order valence-corrected chi connectivity index (χ4v) is 4.34. The number of hydrogen-bond donors (Lipinski definition) is 1. The molecule has 0 atom stereocenters. The predicted octanol–water partition coefficient (Wildman–Crippen LogP) is 4.92. The Labute approximate surface area is 182 Å². The van der Waals surface area contributed by atoms with E-state index in [9.17, 15) is 4.79 Å². The first kappa shape index (κ1) is 20.2. The van der Waals surface area contributed by atoms with Gasteiger partial charge in [-0.25, -0.2) is 9.78 Å². The van der Waals surface area contributed by atoms with E-state index in [-0.39, 0.29) is 5.56 Å². The van der Waals surface area contributed by atoms with Crippen LogP contribution in [0, 0.1) is 0 Å². The maximum Gasteiger partial charge on any atom is 0.338 e. The molecular weight excluding hydrogens is 418 g/mol. The molecule has 2 aromatic carbocycles. The molecule has 0 aliphatic carbocycles. The van der Waals surface area contributed by atoms with Crippen molar-refractivity contribution in [3.63, 3.8) is 0 Å². The largest absolute Gasteiger partial charge is 0.493 e. The fraction of sp³-hybridized carbons (Fsp3) is 0.136. The highest BCUT2D eigenvalue weighted by Crippen LogP contribution is 2.26. The van der Waals surface area contributed by atoms with Crippen LogP contribution in [0.4, 0.5) is 0 Å². The summed E-state index contributed by atoms with van der Waals surface area (Å²) in [5, 5.41) is 15.9. The molecular formula is C22H19N3O3S2. The summed E-state index contributed by atoms with van der Waals surface area (Å²) in [6, 6.07) is 18.2. The van der Waals surface area contributed by atoms with Crippen molar-refractivity contribution in [2.45, 2.75) is 11.4 Å². The standard InChI is InChI=1S/C22H19N3O3S2/c26-22(27)17-12-23-25(13-17)14-21-24-20(15-30-21)16-5-4-6-18(11-16)28-9-10-29-19-7-2-1-3-8-19/h1-8,11-13,15H,9-10,14H2,(H,26,27). The third-order valence-corrected chi connectivity index (χ3v) is 6.03. The van der Waals surface area contributed by atoms with Crippen LogP contribution in [0.25, 0.3) is 11.3 Å². The minimum Gasteiger partial charge on any atom is -0.493 e. The molecule has 0 aliphatic rings. The Kier molecular flexibility index (Phi) is 6.46. The van der Waals surface area contributed by atoms with Gasteiger partial charge in [-0.15, -0.1) is 23.1 Å². The third kappa shape index (κ3) is 5.28. The Morgan fingerprint density at radius 3 is 2.83 bits per heavy atom. The first-order valence-electron chi connectivity index (χ1n) is 9.28. The van der Waals surface area contributed by atoms with Crippen LogP contribution in [0.5, 0.6) is 5.75 Å². The highest BCUT2D eigenvalue weighted by molar-refractivity contribution is 7.99. The molecule has 0 spiro atoms. The van der Waals surface area contributed by atoms with Crippen LogP contribution in [-0.4, -0.2) is 38.2 Å². The summed E-state index contributed by atoms with van der Waals surface area (Å²) >= 11 is 3.29. The van der Waals surface area contributed by atoms with Crippen molar-refractivity contribution in [3.05, 3.63) is 82.9 Å². The zero-order valence-electron chi connectivity index (χ0n) is 16.0. The smallest absolute Gasteiger partial charge is 0.338 e. The summed E-state index contributed by atoms with van der Waals surface area (Å²) in [6.45, 7) is 1.06. The summed E-state index contributed by atoms with van der Waals surface area (Å²) in [5.74, 6) is 0.700. The Balaban J connectivity index is 1.34. The molecule has 2 heterocycles. The molecule has 2 aromatic heterocycles. The summed E-state index contributed by atoms with van der Waals surface area (Å²) in [4.78, 5) is 16.9. The number of carbonyl (C=O) groups is 1. The number of thiazole rings is 1. The Bertz CT molecular complexity index is 1130. The second-order valence-electron chi connectivity index (χ2n) is 6.40. The lowest BCUT2D eigenvalue weighted by Gasteiger charge is -2.07. The average Bonchev–Trinajstić information content (AvgIpc) is 3.43. The highest BCUT2D eigenvalue weighted by Gasteiger charge is 2.10. The number of nitrogens with zero attached hydrogens (tertiary/aromatic N) is 3. The highest BCUT2D eigenvalue weighted by atomic mass is 32.2. The van der Waals surface area contributed by atoms with Gasteiger partial charge in [0, 0.05) is 27.8 Å². The van der Waals surface area contributed by atoms with Crippen molar-refractivity contribution in [1.29, 1.82) is 0 Å². The molecule has 0 fully saturated rings. The zero-order valence-corrected chi connectivity index (χ0v) is 17.6. The average molecular weight is 438 g/mol. The maximum atomic E-state index is 11.0. The van der Waals surface area contributed by atoms with Crippen LogP contribution in [0.2, 0.25) is 0 Å². The lowest BCUT2D eigenvalue weighted by molar-refractivity contribution is 0.0696. The summed E-state index contributed by atoms with van der Waals surface area (Å²) in [6.07, 6.45) is 2.85. The van der Waals surface area contributed by atoms with Gasteiger partial charge in [-0.3, -0.25) is 4.68 Å². The van der Waals surface area contributed by atoms with Gasteiger partial charge in [-0.2, -0.15) is 5.10 Å². The summed E-state index contributed by atoms with van der Waals surface area (Å²) in [7, 11) is 0. The van der Waals surface area contributed by atoms with Gasteiger partial charge in [0.05, 0.1) is 30.6 Å². The molecule has 0 aliphatic heterocycles. The van der Waals surface area contributed by atoms with Crippen LogP contribution < -0.4 is 4.74 Å². The lowest BCUT2D eigenvalue weighted by atomic mass is 10.2. The molecule has 8 heteroatoms. The van der Waals surface area contributed by atoms with Crippen molar-refractivity contribution in [1.82, 2.24) is 14.8 Å². The van der Waals surface area contributed by atoms with Gasteiger partial charge in [0.25, 0.3) is 0 Å². The quantitative estimate of drug-likeness (QED) is 0.296. The van der Waals surface area contributed by atoms with E-state index in [4.69, 9.17) is 9.84 Å². The van der Waals surface area contributed by atoms with E-state index < -0.39 is 5.97 Å². The fourth-order valence-electron chi connectivity index (χ4n) is 2.80. The van der Waals surface area contributed by atoms with Crippen molar-refractivity contribution >= 4 is 29.1 Å². The molecule has 0 unspecified atom stereocenters. The van der Waals surface area contributed by atoms with E-state index in [1.165, 1.54) is 28.6 Å². The molecule has 0 amide bonds. The minimum atomic E-state index is -0.986. The Morgan fingerprint density at radius 1 is 1.17 bits per heavy atom. The Hall–Kier alpha value is -3.10. The zero-order chi connectivity index (χ0) is 20.8. The number of carboxylic acid groups (broad SMARTS) is 1. The normalized spacial score (nSPS) is 10.8. The van der Waals surface area contributed by atoms with E-state index in [2.05, 4.69) is 22.2 Å². The third-order valence-electron chi connectivity index (χ3n) is 4.22. The van der Waals surface area contributed by atoms with E-state index in [1.54, 1.807) is 16.4 Å². The summed E-state index contributed by atoms with van der Waals surface area (Å²) < 4.78 is 7.48. The molecule has 0 bridgehead atoms. The van der Waals surface area contributed by atoms with E-state index >= 15 is 0 Å². The van der Waals surface area contributed by atoms with Crippen molar-refractivity contribution in [2.24, 2.45) is 0 Å². The molecule has 4 rings (SSSR count). The molecule has 4 aromatic rings. The van der Waals surface area contributed by atoms with Gasteiger partial charge < -0.3 is 9.84 Å². The van der Waals surface area contributed by atoms with Crippen LogP contribution in [0.3, 0.4) is 0 Å². The molecule has 30 heavy (non-hydrogen) atoms. The molecule has 6 nitrogen and oxygen atoms in total. The predicted molar refractivity (Wildman–Crippen MR) is 118 cm³/mol. The number of rotatable bonds is 9. The molecule has 0 saturated carbocycles. The molecule has 152 valence electrons. The van der Waals surface area contributed by atoms with Crippen molar-refractivity contribution < 1.29 is 14.6 Å². The van der Waals surface area contributed by atoms with Gasteiger partial charge in [0.15, 0.2) is 0 Å². The second-order valence-corrected chi connectivity index (χ2v) is 8.51. The van der Waals surface area contributed by atoms with Gasteiger partial charge in [-0.1, -0.05) is 30.3 Å². The topological polar surface area (TPSA) is 77.2 Å². The van der Waals surface area contributed by atoms with Crippen molar-refractivity contribution in [3.8, 4) is 17.0 Å². The SMILES string of the molecule is O=C(O)c1cnn(Cc2nc(-c3cccc(OCCSc4ccccc4)c3)cs2)c1. The lowest BCUT2D eigenvalue weighted by Crippen LogP contribution is -2.00. The number of aromatic carboxylic acids is 1. The van der Waals surface area contributed by atoms with Crippen LogP contribution >= 0.6 is 23.1 Å². The number of benzene rings is 2. The van der Waals surface area contributed by atoms with Gasteiger partial charge in [-0.05, 0) is 24.3 Å². The molecule has 0 radical (unpaired) electrons. The van der Waals surface area contributed by atoms with Crippen LogP contribution in [0.15, 0.2) is 77.3 Å². The Morgan fingerprint density at radius 2 is 2.03 bits per heavy atom. The van der Waals surface area contributed by atoms with Gasteiger partial charge >= 0.3 is 5.97 Å². The maximum absolute atomic E-state index is 11.0. The monoisotopic (exact) mass is 437 g/mol. The molecule has 1 N–H and O–H groups in total.